The van der Waals surface area contributed by atoms with Crippen molar-refractivity contribution in [3.8, 4) is 17.2 Å². The minimum atomic E-state index is -0.451. The number of hydrogen-bond donors (Lipinski definition) is 1. The van der Waals surface area contributed by atoms with E-state index in [9.17, 15) is 4.79 Å². The smallest absolute Gasteiger partial charge is 0.313 e. The molecule has 0 aliphatic carbocycles. The van der Waals surface area contributed by atoms with Crippen LogP contribution in [-0.2, 0) is 4.74 Å². The molecule has 0 saturated carbocycles. The number of carbonyl (C=O) groups excluding carboxylic acids is 1. The van der Waals surface area contributed by atoms with Gasteiger partial charge in [0.1, 0.15) is 5.75 Å². The molecule has 144 valence electrons. The van der Waals surface area contributed by atoms with Crippen molar-refractivity contribution in [2.24, 2.45) is 0 Å². The lowest BCUT2D eigenvalue weighted by Gasteiger charge is -2.30. The van der Waals surface area contributed by atoms with Gasteiger partial charge in [-0.2, -0.15) is 0 Å². The van der Waals surface area contributed by atoms with Crippen molar-refractivity contribution in [2.45, 2.75) is 0 Å². The zero-order valence-electron chi connectivity index (χ0n) is 15.4. The number of para-hydroxylation sites is 2. The number of carbonyl (C=O) groups is 1. The quantitative estimate of drug-likeness (QED) is 0.728. The summed E-state index contributed by atoms with van der Waals surface area (Å²) in [6.07, 6.45) is 0. The Labute approximate surface area is 162 Å². The first-order valence-corrected chi connectivity index (χ1v) is 8.95. The number of anilines is 2. The first-order valence-electron chi connectivity index (χ1n) is 8.95. The van der Waals surface area contributed by atoms with Crippen LogP contribution in [0, 0.1) is 0 Å². The van der Waals surface area contributed by atoms with Crippen LogP contribution in [0.3, 0.4) is 0 Å². The van der Waals surface area contributed by atoms with E-state index < -0.39 is 5.91 Å². The van der Waals surface area contributed by atoms with Crippen LogP contribution >= 0.6 is 0 Å². The number of rotatable bonds is 5. The second kappa shape index (κ2) is 8.10. The zero-order chi connectivity index (χ0) is 19.3. The Morgan fingerprint density at radius 2 is 1.82 bits per heavy atom. The predicted molar refractivity (Wildman–Crippen MR) is 104 cm³/mol. The zero-order valence-corrected chi connectivity index (χ0v) is 15.4. The molecule has 0 radical (unpaired) electrons. The van der Waals surface area contributed by atoms with Gasteiger partial charge in [0.25, 0.3) is 0 Å². The Morgan fingerprint density at radius 1 is 1.07 bits per heavy atom. The van der Waals surface area contributed by atoms with E-state index >= 15 is 0 Å². The molecule has 0 spiro atoms. The third-order valence-corrected chi connectivity index (χ3v) is 4.46. The highest BCUT2D eigenvalue weighted by Crippen LogP contribution is 2.27. The van der Waals surface area contributed by atoms with Gasteiger partial charge >= 0.3 is 11.8 Å². The second-order valence-electron chi connectivity index (χ2n) is 6.21. The van der Waals surface area contributed by atoms with Gasteiger partial charge in [-0.3, -0.25) is 4.79 Å². The van der Waals surface area contributed by atoms with E-state index in [0.29, 0.717) is 24.5 Å². The number of nitrogens with one attached hydrogen (secondary N) is 1. The van der Waals surface area contributed by atoms with Crippen LogP contribution in [0.5, 0.6) is 5.75 Å². The molecule has 4 rings (SSSR count). The highest BCUT2D eigenvalue weighted by molar-refractivity contribution is 6.03. The Morgan fingerprint density at radius 3 is 2.57 bits per heavy atom. The number of amides is 1. The van der Waals surface area contributed by atoms with Crippen LogP contribution in [0.15, 0.2) is 52.9 Å². The Balaban J connectivity index is 1.51. The fraction of sp³-hybridized carbons (Fsp3) is 0.250. The van der Waals surface area contributed by atoms with Crippen molar-refractivity contribution < 1.29 is 18.7 Å². The van der Waals surface area contributed by atoms with Gasteiger partial charge in [-0.25, -0.2) is 0 Å². The third-order valence-electron chi connectivity index (χ3n) is 4.46. The highest BCUT2D eigenvalue weighted by Gasteiger charge is 2.20. The maximum absolute atomic E-state index is 12.6. The van der Waals surface area contributed by atoms with Gasteiger partial charge in [-0.05, 0) is 36.4 Å². The minimum Gasteiger partial charge on any atom is -0.497 e. The summed E-state index contributed by atoms with van der Waals surface area (Å²) in [4.78, 5) is 14.8. The number of benzene rings is 2. The van der Waals surface area contributed by atoms with Crippen molar-refractivity contribution in [1.29, 1.82) is 0 Å². The van der Waals surface area contributed by atoms with Crippen LogP contribution in [0.4, 0.5) is 11.4 Å². The average Bonchev–Trinajstić information content (AvgIpc) is 3.25. The summed E-state index contributed by atoms with van der Waals surface area (Å²) in [7, 11) is 1.60. The minimum absolute atomic E-state index is 0.0948. The molecule has 8 heteroatoms. The van der Waals surface area contributed by atoms with Crippen LogP contribution in [0.1, 0.15) is 10.7 Å². The molecule has 1 aliphatic heterocycles. The van der Waals surface area contributed by atoms with Gasteiger partial charge in [0.2, 0.25) is 5.89 Å². The molecule has 0 unspecified atom stereocenters. The molecule has 2 aromatic carbocycles. The van der Waals surface area contributed by atoms with Crippen LogP contribution < -0.4 is 15.0 Å². The molecule has 0 atom stereocenters. The molecule has 1 saturated heterocycles. The first kappa shape index (κ1) is 18.0. The summed E-state index contributed by atoms with van der Waals surface area (Å²) < 4.78 is 16.1. The van der Waals surface area contributed by atoms with Crippen molar-refractivity contribution in [3.63, 3.8) is 0 Å². The molecule has 1 aliphatic rings. The van der Waals surface area contributed by atoms with Crippen LogP contribution in [0.25, 0.3) is 11.5 Å². The van der Waals surface area contributed by atoms with E-state index in [1.54, 1.807) is 31.4 Å². The summed E-state index contributed by atoms with van der Waals surface area (Å²) >= 11 is 0. The molecule has 1 fully saturated rings. The molecule has 0 bridgehead atoms. The molecule has 1 amide bonds. The Kier molecular flexibility index (Phi) is 5.20. The average molecular weight is 380 g/mol. The van der Waals surface area contributed by atoms with E-state index in [1.807, 2.05) is 24.3 Å². The molecular formula is C20H20N4O4. The molecule has 2 heterocycles. The highest BCUT2D eigenvalue weighted by atomic mass is 16.5. The lowest BCUT2D eigenvalue weighted by molar-refractivity contribution is 0.0991. The van der Waals surface area contributed by atoms with Gasteiger partial charge in [-0.15, -0.1) is 10.2 Å². The lowest BCUT2D eigenvalue weighted by Crippen LogP contribution is -2.36. The van der Waals surface area contributed by atoms with E-state index in [0.717, 1.165) is 24.5 Å². The largest absolute Gasteiger partial charge is 0.497 e. The standard InChI is InChI=1S/C20H20N4O4/c1-26-15-8-6-14(7-9-15)19-22-23-20(28-19)18(25)21-16-4-2-3-5-17(16)24-10-12-27-13-11-24/h2-9H,10-13H2,1H3,(H,21,25). The number of hydrogen-bond acceptors (Lipinski definition) is 7. The molecule has 28 heavy (non-hydrogen) atoms. The number of nitrogens with zero attached hydrogens (tertiary/aromatic N) is 3. The van der Waals surface area contributed by atoms with Crippen LogP contribution in [0.2, 0.25) is 0 Å². The van der Waals surface area contributed by atoms with Crippen molar-refractivity contribution >= 4 is 17.3 Å². The predicted octanol–water partition coefficient (Wildman–Crippen LogP) is 2.83. The Hall–Kier alpha value is -3.39. The van der Waals surface area contributed by atoms with Crippen molar-refractivity contribution in [1.82, 2.24) is 10.2 Å². The summed E-state index contributed by atoms with van der Waals surface area (Å²) in [5.41, 5.74) is 2.34. The number of ether oxygens (including phenoxy) is 2. The maximum Gasteiger partial charge on any atom is 0.313 e. The molecule has 3 aromatic rings. The second-order valence-corrected chi connectivity index (χ2v) is 6.21. The first-order chi connectivity index (χ1) is 13.7. The van der Waals surface area contributed by atoms with E-state index in [-0.39, 0.29) is 11.8 Å². The van der Waals surface area contributed by atoms with Gasteiger partial charge in [-0.1, -0.05) is 12.1 Å². The molecule has 8 nitrogen and oxygen atoms in total. The fourth-order valence-corrected chi connectivity index (χ4v) is 3.00. The number of methoxy groups -OCH3 is 1. The van der Waals surface area contributed by atoms with E-state index in [2.05, 4.69) is 20.4 Å². The molecular weight excluding hydrogens is 360 g/mol. The monoisotopic (exact) mass is 380 g/mol. The topological polar surface area (TPSA) is 89.7 Å². The van der Waals surface area contributed by atoms with Crippen molar-refractivity contribution in [3.05, 3.63) is 54.4 Å². The number of aromatic nitrogens is 2. The number of morpholine rings is 1. The normalized spacial score (nSPS) is 14.0. The lowest BCUT2D eigenvalue weighted by atomic mass is 10.2. The van der Waals surface area contributed by atoms with Gasteiger partial charge in [0.05, 0.1) is 31.7 Å². The third kappa shape index (κ3) is 3.81. The molecule has 1 N–H and O–H groups in total. The van der Waals surface area contributed by atoms with Gasteiger partial charge in [0, 0.05) is 18.7 Å². The summed E-state index contributed by atoms with van der Waals surface area (Å²) in [5.74, 6) is 0.450. The summed E-state index contributed by atoms with van der Waals surface area (Å²) in [6, 6.07) is 14.8. The fourth-order valence-electron chi connectivity index (χ4n) is 3.00. The van der Waals surface area contributed by atoms with E-state index in [1.165, 1.54) is 0 Å². The Bertz CT molecular complexity index is 949. The van der Waals surface area contributed by atoms with Gasteiger partial charge in [0.15, 0.2) is 0 Å². The summed E-state index contributed by atoms with van der Waals surface area (Å²) in [5, 5.41) is 10.7. The summed E-state index contributed by atoms with van der Waals surface area (Å²) in [6.45, 7) is 2.87. The van der Waals surface area contributed by atoms with Crippen molar-refractivity contribution in [2.75, 3.05) is 43.6 Å². The maximum atomic E-state index is 12.6. The van der Waals surface area contributed by atoms with Gasteiger partial charge < -0.3 is 24.1 Å². The molecule has 1 aromatic heterocycles. The van der Waals surface area contributed by atoms with E-state index in [4.69, 9.17) is 13.9 Å². The SMILES string of the molecule is COc1ccc(-c2nnc(C(=O)Nc3ccccc3N3CCOCC3)o2)cc1. The van der Waals surface area contributed by atoms with Crippen LogP contribution in [-0.4, -0.2) is 49.5 Å².